The monoisotopic (exact) mass is 1050 g/mol. The first-order chi connectivity index (χ1) is 25.0. The van der Waals surface area contributed by atoms with Crippen LogP contribution in [0.3, 0.4) is 0 Å². The molecule has 22 nitrogen and oxygen atoms in total. The van der Waals surface area contributed by atoms with Gasteiger partial charge >= 0.3 is 47.8 Å². The maximum Gasteiger partial charge on any atom is 0.375 e. The van der Waals surface area contributed by atoms with Gasteiger partial charge in [0.2, 0.25) is 26.2 Å². The molecule has 0 saturated heterocycles. The Morgan fingerprint density at radius 1 is 0.408 bits per heavy atom. The molecule has 71 heavy (non-hydrogen) atoms. The standard InChI is InChI=1S/C11H14O8.C11H16O7.C9H12O7.18CH4/c1-4-16-6-18-9(13)5-17-11(15)8(3)19-10(14)7(2)12;1-4-9(12)18-8(3)11(14)16-6-10(13)17-7-15-5-2;1-3-13-6-16-8(11)4-14-9(12)7(2)15-5-10;;;;;;;;;;;;;;;;;;/h4,8H,1,5-6H2,2-3H3;5,8H,2,4,6-7H2,1,3H3;3,5,7H,1,4,6H2,2H3;18*1H4. The Hall–Kier alpha value is -6.48. The molecule has 0 saturated carbocycles. The normalized spacial score (nSPS) is 8.13. The minimum absolute atomic E-state index is 0. The third kappa shape index (κ3) is 87.2. The highest BCUT2D eigenvalue weighted by molar-refractivity contribution is 6.32. The molecule has 0 fully saturated rings. The fraction of sp³-hybridized carbons (Fsp3) is 0.673. The van der Waals surface area contributed by atoms with E-state index in [4.69, 9.17) is 0 Å². The van der Waals surface area contributed by atoms with Crippen molar-refractivity contribution in [3.63, 3.8) is 0 Å². The first-order valence-electron chi connectivity index (χ1n) is 14.6. The van der Waals surface area contributed by atoms with Crippen LogP contribution in [0, 0.1) is 0 Å². The largest absolute Gasteiger partial charge is 0.466 e. The van der Waals surface area contributed by atoms with Crippen LogP contribution in [0.1, 0.15) is 175 Å². The van der Waals surface area contributed by atoms with Crippen LogP contribution < -0.4 is 0 Å². The average Bonchev–Trinajstić information content (AvgIpc) is 3.12. The molecule has 0 aliphatic rings. The summed E-state index contributed by atoms with van der Waals surface area (Å²) in [6.45, 7) is 13.5. The van der Waals surface area contributed by atoms with Crippen LogP contribution in [0.4, 0.5) is 0 Å². The number of esters is 8. The van der Waals surface area contributed by atoms with Crippen molar-refractivity contribution in [2.24, 2.45) is 0 Å². The summed E-state index contributed by atoms with van der Waals surface area (Å²) in [7, 11) is 0. The first kappa shape index (κ1) is 137. The second kappa shape index (κ2) is 90.0. The molecule has 3 atom stereocenters. The minimum Gasteiger partial charge on any atom is -0.466 e. The minimum atomic E-state index is -1.30. The van der Waals surface area contributed by atoms with Gasteiger partial charge in [0.15, 0.2) is 38.1 Å². The Bertz CT molecular complexity index is 1250. The zero-order valence-corrected chi connectivity index (χ0v) is 29.6. The molecule has 0 bridgehead atoms. The average molecular weight is 1060 g/mol. The van der Waals surface area contributed by atoms with E-state index in [1.54, 1.807) is 6.92 Å². The lowest BCUT2D eigenvalue weighted by Gasteiger charge is -2.11. The first-order valence-corrected chi connectivity index (χ1v) is 14.6. The molecule has 3 unspecified atom stereocenters. The summed E-state index contributed by atoms with van der Waals surface area (Å²) in [5.74, 6) is -7.58. The Morgan fingerprint density at radius 2 is 0.662 bits per heavy atom. The van der Waals surface area contributed by atoms with Crippen molar-refractivity contribution in [3.05, 3.63) is 38.5 Å². The van der Waals surface area contributed by atoms with Crippen LogP contribution >= 0.6 is 0 Å². The van der Waals surface area contributed by atoms with E-state index < -0.39 is 91.7 Å². The van der Waals surface area contributed by atoms with Gasteiger partial charge in [0.05, 0.1) is 18.8 Å². The number of ether oxygens (including phenoxy) is 12. The maximum absolute atomic E-state index is 11.3. The predicted octanol–water partition coefficient (Wildman–Crippen LogP) is 11.4. The second-order valence-electron chi connectivity index (χ2n) is 8.69. The quantitative estimate of drug-likeness (QED) is 0.0165. The molecule has 0 heterocycles. The molecular formula is C49H114O22. The van der Waals surface area contributed by atoms with E-state index >= 15 is 0 Å². The van der Waals surface area contributed by atoms with Gasteiger partial charge < -0.3 is 56.8 Å². The highest BCUT2D eigenvalue weighted by atomic mass is 16.7. The van der Waals surface area contributed by atoms with E-state index in [1.165, 1.54) is 20.8 Å². The van der Waals surface area contributed by atoms with Crippen LogP contribution in [0.25, 0.3) is 0 Å². The molecule has 0 radical (unpaired) electrons. The number of hydrogen-bond donors (Lipinski definition) is 0. The van der Waals surface area contributed by atoms with Crippen molar-refractivity contribution < 1.29 is 105 Å². The van der Waals surface area contributed by atoms with E-state index in [0.717, 1.165) is 25.7 Å². The molecule has 0 rings (SSSR count). The third-order valence-electron chi connectivity index (χ3n) is 4.64. The van der Waals surface area contributed by atoms with E-state index in [9.17, 15) is 47.9 Å². The lowest BCUT2D eigenvalue weighted by Crippen LogP contribution is -2.30. The second-order valence-corrected chi connectivity index (χ2v) is 8.69. The van der Waals surface area contributed by atoms with Gasteiger partial charge in [-0.1, -0.05) is 160 Å². The van der Waals surface area contributed by atoms with Crippen LogP contribution in [0.15, 0.2) is 38.5 Å². The molecule has 0 spiro atoms. The Morgan fingerprint density at radius 3 is 0.887 bits per heavy atom. The predicted molar refractivity (Wildman–Crippen MR) is 289 cm³/mol. The molecule has 0 aromatic heterocycles. The summed E-state index contributed by atoms with van der Waals surface area (Å²) in [5, 5.41) is 0. The van der Waals surface area contributed by atoms with Gasteiger partial charge in [-0.3, -0.25) is 14.4 Å². The third-order valence-corrected chi connectivity index (χ3v) is 4.64. The summed E-state index contributed by atoms with van der Waals surface area (Å²) in [6, 6.07) is 0. The van der Waals surface area contributed by atoms with Gasteiger partial charge in [0.25, 0.3) is 6.47 Å². The fourth-order valence-corrected chi connectivity index (χ4v) is 2.07. The summed E-state index contributed by atoms with van der Waals surface area (Å²) in [6.07, 6.45) is 0.00410. The van der Waals surface area contributed by atoms with Crippen LogP contribution in [-0.4, -0.2) is 119 Å². The van der Waals surface area contributed by atoms with Crippen LogP contribution in [0.2, 0.25) is 0 Å². The van der Waals surface area contributed by atoms with Gasteiger partial charge in [-0.25, -0.2) is 33.6 Å². The fourth-order valence-electron chi connectivity index (χ4n) is 2.07. The SMILES string of the molecule is C.C.C.C.C.C.C.C.C.C.C.C.C.C.C.C.C.C.C=COCOC(=O)COC(=O)C(C)OC(=O)C(C)=O.C=COCOC(=O)COC(=O)C(C)OC(=O)CC.C=COCOC(=O)COC(=O)C(C)OC=O. The van der Waals surface area contributed by atoms with Gasteiger partial charge in [0.1, 0.15) is 0 Å². The van der Waals surface area contributed by atoms with Crippen molar-refractivity contribution in [1.29, 1.82) is 0 Å². The summed E-state index contributed by atoms with van der Waals surface area (Å²) < 4.78 is 53.9. The highest BCUT2D eigenvalue weighted by Crippen LogP contribution is 1.99. The lowest BCUT2D eigenvalue weighted by atomic mass is 10.4. The molecule has 0 amide bonds. The molecule has 0 aliphatic heterocycles. The highest BCUT2D eigenvalue weighted by Gasteiger charge is 2.23. The lowest BCUT2D eigenvalue weighted by molar-refractivity contribution is -0.174. The van der Waals surface area contributed by atoms with Gasteiger partial charge in [-0.15, -0.1) is 0 Å². The molecule has 0 N–H and O–H groups in total. The maximum atomic E-state index is 11.3. The Labute approximate surface area is 435 Å². The molecular weight excluding hydrogens is 941 g/mol. The van der Waals surface area contributed by atoms with Gasteiger partial charge in [-0.2, -0.15) is 0 Å². The van der Waals surface area contributed by atoms with Crippen molar-refractivity contribution in [1.82, 2.24) is 0 Å². The topological polar surface area (TPSA) is 281 Å². The van der Waals surface area contributed by atoms with Crippen molar-refractivity contribution in [3.8, 4) is 0 Å². The van der Waals surface area contributed by atoms with E-state index in [1.807, 2.05) is 0 Å². The molecule has 0 aliphatic carbocycles. The number of carbonyl (C=O) groups is 10. The summed E-state index contributed by atoms with van der Waals surface area (Å²) >= 11 is 0. The smallest absolute Gasteiger partial charge is 0.375 e. The molecule has 22 heteroatoms. The van der Waals surface area contributed by atoms with Crippen LogP contribution in [0.5, 0.6) is 0 Å². The summed E-state index contributed by atoms with van der Waals surface area (Å²) in [5.41, 5.74) is 0. The number of ketones is 1. The Kier molecular flexibility index (Phi) is 174. The van der Waals surface area contributed by atoms with Gasteiger partial charge in [0, 0.05) is 13.3 Å². The number of hydrogen-bond acceptors (Lipinski definition) is 22. The van der Waals surface area contributed by atoms with Crippen LogP contribution in [-0.2, 0) is 105 Å². The number of carbonyl (C=O) groups excluding carboxylic acids is 10. The Balaban J connectivity index is -0.0000000247. The zero-order valence-electron chi connectivity index (χ0n) is 29.6. The zero-order chi connectivity index (χ0) is 41.2. The molecule has 442 valence electrons. The number of rotatable bonds is 24. The van der Waals surface area contributed by atoms with Crippen molar-refractivity contribution in [2.45, 2.75) is 193 Å². The number of Topliss-reactive ketones (excluding diaryl/α,β-unsaturated/α-hetero) is 1. The molecule has 0 aromatic carbocycles. The summed E-state index contributed by atoms with van der Waals surface area (Å²) in [4.78, 5) is 109. The van der Waals surface area contributed by atoms with E-state index in [-0.39, 0.29) is 167 Å². The van der Waals surface area contributed by atoms with Crippen molar-refractivity contribution in [2.75, 3.05) is 40.2 Å². The van der Waals surface area contributed by atoms with Gasteiger partial charge in [-0.05, 0) is 20.8 Å². The van der Waals surface area contributed by atoms with Crippen molar-refractivity contribution >= 4 is 60.0 Å². The van der Waals surface area contributed by atoms with E-state index in [2.05, 4.69) is 76.6 Å². The molecule has 0 aromatic rings. The van der Waals surface area contributed by atoms with E-state index in [0.29, 0.717) is 0 Å².